The van der Waals surface area contributed by atoms with Gasteiger partial charge in [0.25, 0.3) is 5.91 Å². The standard InChI is InChI=1S/C16H20F4N2O4/c1-10(2)8-22(6-5-13(23)24)14(25)11-3-4-12(21-7-11)26-9-16(19,20)15(17)18/h3-4,7,10,15H,5-6,8-9H2,1-2H3,(H,23,24). The highest BCUT2D eigenvalue weighted by Gasteiger charge is 2.41. The van der Waals surface area contributed by atoms with Crippen molar-refractivity contribution in [2.75, 3.05) is 19.7 Å². The zero-order valence-electron chi connectivity index (χ0n) is 14.3. The summed E-state index contributed by atoms with van der Waals surface area (Å²) < 4.78 is 54.3. The SMILES string of the molecule is CC(C)CN(CCC(=O)O)C(=O)c1ccc(OCC(F)(F)C(F)F)nc1. The van der Waals surface area contributed by atoms with Crippen LogP contribution in [-0.4, -0.2) is 58.9 Å². The van der Waals surface area contributed by atoms with Crippen LogP contribution < -0.4 is 4.74 Å². The van der Waals surface area contributed by atoms with E-state index < -0.39 is 30.8 Å². The zero-order chi connectivity index (χ0) is 19.9. The van der Waals surface area contributed by atoms with Gasteiger partial charge in [-0.25, -0.2) is 13.8 Å². The summed E-state index contributed by atoms with van der Waals surface area (Å²) in [5.74, 6) is -6.06. The van der Waals surface area contributed by atoms with Gasteiger partial charge in [0.05, 0.1) is 12.0 Å². The molecule has 0 aromatic carbocycles. The van der Waals surface area contributed by atoms with E-state index in [-0.39, 0.29) is 30.3 Å². The summed E-state index contributed by atoms with van der Waals surface area (Å²) in [5.41, 5.74) is 0.101. The first kappa shape index (κ1) is 21.7. The number of halogens is 4. The fourth-order valence-corrected chi connectivity index (χ4v) is 1.96. The lowest BCUT2D eigenvalue weighted by Gasteiger charge is -2.24. The molecule has 26 heavy (non-hydrogen) atoms. The number of carboxylic acids is 1. The molecule has 1 heterocycles. The van der Waals surface area contributed by atoms with E-state index in [1.165, 1.54) is 11.0 Å². The van der Waals surface area contributed by atoms with E-state index in [0.717, 1.165) is 12.3 Å². The van der Waals surface area contributed by atoms with Gasteiger partial charge >= 0.3 is 18.3 Å². The molecule has 1 aromatic heterocycles. The number of hydrogen-bond donors (Lipinski definition) is 1. The monoisotopic (exact) mass is 380 g/mol. The lowest BCUT2D eigenvalue weighted by Crippen LogP contribution is -2.36. The van der Waals surface area contributed by atoms with Gasteiger partial charge in [0.2, 0.25) is 5.88 Å². The quantitative estimate of drug-likeness (QED) is 0.632. The first-order valence-corrected chi connectivity index (χ1v) is 7.79. The van der Waals surface area contributed by atoms with Crippen molar-refractivity contribution < 1.29 is 37.0 Å². The van der Waals surface area contributed by atoms with Crippen molar-refractivity contribution in [1.82, 2.24) is 9.88 Å². The molecule has 0 spiro atoms. The smallest absolute Gasteiger partial charge is 0.340 e. The topological polar surface area (TPSA) is 79.7 Å². The molecule has 0 aliphatic carbocycles. The van der Waals surface area contributed by atoms with Crippen molar-refractivity contribution in [3.05, 3.63) is 23.9 Å². The molecule has 0 atom stereocenters. The molecule has 1 N–H and O–H groups in total. The number of aromatic nitrogens is 1. The minimum atomic E-state index is -4.30. The molecule has 0 saturated carbocycles. The molecule has 0 saturated heterocycles. The summed E-state index contributed by atoms with van der Waals surface area (Å²) in [6, 6.07) is 2.36. The Labute approximate surface area is 147 Å². The second kappa shape index (κ2) is 9.35. The maximum atomic E-state index is 12.8. The summed E-state index contributed by atoms with van der Waals surface area (Å²) in [4.78, 5) is 28.2. The Bertz CT molecular complexity index is 609. The fourth-order valence-electron chi connectivity index (χ4n) is 1.96. The van der Waals surface area contributed by atoms with Crippen LogP contribution in [0.1, 0.15) is 30.6 Å². The molecule has 1 amide bonds. The highest BCUT2D eigenvalue weighted by atomic mass is 19.3. The third kappa shape index (κ3) is 6.85. The van der Waals surface area contributed by atoms with E-state index in [1.54, 1.807) is 0 Å². The summed E-state index contributed by atoms with van der Waals surface area (Å²) in [7, 11) is 0. The normalized spacial score (nSPS) is 11.7. The third-order valence-corrected chi connectivity index (χ3v) is 3.18. The minimum absolute atomic E-state index is 0.00517. The van der Waals surface area contributed by atoms with Crippen LogP contribution in [0, 0.1) is 5.92 Å². The van der Waals surface area contributed by atoms with Crippen molar-refractivity contribution >= 4 is 11.9 Å². The summed E-state index contributed by atoms with van der Waals surface area (Å²) in [5, 5.41) is 8.77. The molecule has 146 valence electrons. The number of aliphatic carboxylic acids is 1. The summed E-state index contributed by atoms with van der Waals surface area (Å²) >= 11 is 0. The molecule has 0 bridgehead atoms. The van der Waals surface area contributed by atoms with Gasteiger partial charge in [0.1, 0.15) is 0 Å². The third-order valence-electron chi connectivity index (χ3n) is 3.18. The number of nitrogens with zero attached hydrogens (tertiary/aromatic N) is 2. The number of amides is 1. The Morgan fingerprint density at radius 1 is 1.31 bits per heavy atom. The number of ether oxygens (including phenoxy) is 1. The molecule has 1 rings (SSSR count). The fraction of sp³-hybridized carbons (Fsp3) is 0.562. The van der Waals surface area contributed by atoms with E-state index in [4.69, 9.17) is 5.11 Å². The number of pyridine rings is 1. The maximum absolute atomic E-state index is 12.8. The average molecular weight is 380 g/mol. The highest BCUT2D eigenvalue weighted by Crippen LogP contribution is 2.23. The number of carboxylic acid groups (broad SMARTS) is 1. The molecule has 0 aliphatic rings. The summed E-state index contributed by atoms with van der Waals surface area (Å²) in [6.07, 6.45) is -3.02. The van der Waals surface area contributed by atoms with Gasteiger partial charge in [0, 0.05) is 25.4 Å². The molecular formula is C16H20F4N2O4. The number of hydrogen-bond acceptors (Lipinski definition) is 4. The van der Waals surface area contributed by atoms with Crippen LogP contribution in [0.2, 0.25) is 0 Å². The average Bonchev–Trinajstić information content (AvgIpc) is 2.56. The van der Waals surface area contributed by atoms with Gasteiger partial charge in [-0.15, -0.1) is 0 Å². The van der Waals surface area contributed by atoms with Crippen LogP contribution in [0.25, 0.3) is 0 Å². The van der Waals surface area contributed by atoms with Gasteiger partial charge in [-0.05, 0) is 12.0 Å². The van der Waals surface area contributed by atoms with Crippen LogP contribution in [0.4, 0.5) is 17.6 Å². The van der Waals surface area contributed by atoms with Crippen molar-refractivity contribution in [2.24, 2.45) is 5.92 Å². The Hall–Kier alpha value is -2.39. The predicted molar refractivity (Wildman–Crippen MR) is 83.7 cm³/mol. The molecule has 0 fully saturated rings. The van der Waals surface area contributed by atoms with Crippen molar-refractivity contribution in [2.45, 2.75) is 32.6 Å². The summed E-state index contributed by atoms with van der Waals surface area (Å²) in [6.45, 7) is 2.51. The van der Waals surface area contributed by atoms with E-state index >= 15 is 0 Å². The molecule has 0 unspecified atom stereocenters. The number of rotatable bonds is 10. The molecular weight excluding hydrogens is 360 g/mol. The predicted octanol–water partition coefficient (Wildman–Crippen LogP) is 2.93. The van der Waals surface area contributed by atoms with Gasteiger partial charge in [-0.3, -0.25) is 9.59 Å². The van der Waals surface area contributed by atoms with E-state index in [1.807, 2.05) is 13.8 Å². The molecule has 1 aromatic rings. The largest absolute Gasteiger partial charge is 0.481 e. The zero-order valence-corrected chi connectivity index (χ0v) is 14.3. The van der Waals surface area contributed by atoms with Gasteiger partial charge in [-0.2, -0.15) is 8.78 Å². The van der Waals surface area contributed by atoms with Crippen LogP contribution in [0.3, 0.4) is 0 Å². The Balaban J connectivity index is 2.77. The lowest BCUT2D eigenvalue weighted by molar-refractivity contribution is -0.148. The van der Waals surface area contributed by atoms with Crippen LogP contribution in [-0.2, 0) is 4.79 Å². The van der Waals surface area contributed by atoms with Gasteiger partial charge < -0.3 is 14.7 Å². The van der Waals surface area contributed by atoms with Crippen molar-refractivity contribution in [3.63, 3.8) is 0 Å². The van der Waals surface area contributed by atoms with Gasteiger partial charge in [0.15, 0.2) is 6.61 Å². The van der Waals surface area contributed by atoms with E-state index in [2.05, 4.69) is 9.72 Å². The Kier molecular flexibility index (Phi) is 7.78. The van der Waals surface area contributed by atoms with Crippen LogP contribution in [0.15, 0.2) is 18.3 Å². The highest BCUT2D eigenvalue weighted by molar-refractivity contribution is 5.94. The molecule has 10 heteroatoms. The van der Waals surface area contributed by atoms with Crippen molar-refractivity contribution in [3.8, 4) is 5.88 Å². The minimum Gasteiger partial charge on any atom is -0.481 e. The van der Waals surface area contributed by atoms with E-state index in [0.29, 0.717) is 6.54 Å². The first-order chi connectivity index (χ1) is 12.0. The molecule has 0 aliphatic heterocycles. The first-order valence-electron chi connectivity index (χ1n) is 7.79. The molecule has 0 radical (unpaired) electrons. The van der Waals surface area contributed by atoms with Crippen molar-refractivity contribution in [1.29, 1.82) is 0 Å². The second-order valence-electron chi connectivity index (χ2n) is 6.02. The Morgan fingerprint density at radius 2 is 1.96 bits per heavy atom. The molecule has 6 nitrogen and oxygen atoms in total. The number of carbonyl (C=O) groups excluding carboxylic acids is 1. The number of alkyl halides is 4. The maximum Gasteiger partial charge on any atom is 0.340 e. The van der Waals surface area contributed by atoms with Crippen LogP contribution >= 0.6 is 0 Å². The van der Waals surface area contributed by atoms with E-state index in [9.17, 15) is 27.2 Å². The Morgan fingerprint density at radius 3 is 2.42 bits per heavy atom. The number of carbonyl (C=O) groups is 2. The van der Waals surface area contributed by atoms with Gasteiger partial charge in [-0.1, -0.05) is 13.8 Å². The lowest BCUT2D eigenvalue weighted by atomic mass is 10.1. The van der Waals surface area contributed by atoms with Crippen LogP contribution in [0.5, 0.6) is 5.88 Å². The second-order valence-corrected chi connectivity index (χ2v) is 6.02.